The van der Waals surface area contributed by atoms with Crippen molar-refractivity contribution in [3.8, 4) is 11.3 Å². The first-order valence-corrected chi connectivity index (χ1v) is 4.80. The molecule has 0 saturated heterocycles. The maximum Gasteiger partial charge on any atom is 0.248 e. The lowest BCUT2D eigenvalue weighted by atomic mass is 10.1. The monoisotopic (exact) mass is 200 g/mol. The molecule has 0 aliphatic heterocycles. The van der Waals surface area contributed by atoms with Gasteiger partial charge in [0.25, 0.3) is 0 Å². The highest BCUT2D eigenvalue weighted by Gasteiger charge is 2.02. The summed E-state index contributed by atoms with van der Waals surface area (Å²) in [6, 6.07) is 7.28. The number of hydrogen-bond acceptors (Lipinski definition) is 2. The number of aromatic nitrogens is 2. The summed E-state index contributed by atoms with van der Waals surface area (Å²) in [4.78, 5) is 18.1. The number of rotatable bonds is 1. The molecule has 0 fully saturated rings. The standard InChI is InChI=1S/C12H12N2O/c1-8-3-5-11(13-7-8)10-4-6-12(15)14-9(10)2/h3-7H,1-2H3,(H,14,15). The normalized spacial score (nSPS) is 10.3. The Labute approximate surface area is 87.8 Å². The van der Waals surface area contributed by atoms with E-state index in [9.17, 15) is 4.79 Å². The summed E-state index contributed by atoms with van der Waals surface area (Å²) in [6.07, 6.45) is 1.82. The molecule has 0 amide bonds. The van der Waals surface area contributed by atoms with E-state index in [0.717, 1.165) is 22.5 Å². The molecule has 2 aromatic heterocycles. The minimum atomic E-state index is -0.0802. The second-order valence-corrected chi connectivity index (χ2v) is 3.58. The van der Waals surface area contributed by atoms with Gasteiger partial charge >= 0.3 is 0 Å². The number of nitrogens with one attached hydrogen (secondary N) is 1. The van der Waals surface area contributed by atoms with Crippen molar-refractivity contribution in [3.63, 3.8) is 0 Å². The van der Waals surface area contributed by atoms with Crippen molar-refractivity contribution in [2.75, 3.05) is 0 Å². The summed E-state index contributed by atoms with van der Waals surface area (Å²) in [5.41, 5.74) is 3.74. The lowest BCUT2D eigenvalue weighted by Gasteiger charge is -2.04. The summed E-state index contributed by atoms with van der Waals surface area (Å²) < 4.78 is 0. The van der Waals surface area contributed by atoms with Crippen molar-refractivity contribution in [3.05, 3.63) is 52.1 Å². The number of pyridine rings is 2. The molecule has 1 N–H and O–H groups in total. The molecule has 0 unspecified atom stereocenters. The smallest absolute Gasteiger partial charge is 0.248 e. The fraction of sp³-hybridized carbons (Fsp3) is 0.167. The molecular formula is C12H12N2O. The summed E-state index contributed by atoms with van der Waals surface area (Å²) in [5.74, 6) is 0. The van der Waals surface area contributed by atoms with Gasteiger partial charge in [-0.2, -0.15) is 0 Å². The Balaban J connectivity index is 2.54. The Morgan fingerprint density at radius 1 is 1.13 bits per heavy atom. The molecule has 3 nitrogen and oxygen atoms in total. The number of H-pyrrole nitrogens is 1. The molecule has 0 radical (unpaired) electrons. The quantitative estimate of drug-likeness (QED) is 0.765. The molecule has 76 valence electrons. The third kappa shape index (κ3) is 1.96. The number of aryl methyl sites for hydroxylation is 2. The Kier molecular flexibility index (Phi) is 2.37. The number of hydrogen-bond donors (Lipinski definition) is 1. The molecule has 0 bridgehead atoms. The first kappa shape index (κ1) is 9.65. The first-order valence-electron chi connectivity index (χ1n) is 4.80. The van der Waals surface area contributed by atoms with Crippen LogP contribution in [0.1, 0.15) is 11.3 Å². The van der Waals surface area contributed by atoms with E-state index in [0.29, 0.717) is 0 Å². The van der Waals surface area contributed by atoms with E-state index in [4.69, 9.17) is 0 Å². The molecule has 0 spiro atoms. The van der Waals surface area contributed by atoms with Crippen LogP contribution in [0.2, 0.25) is 0 Å². The molecule has 0 aliphatic rings. The van der Waals surface area contributed by atoms with Gasteiger partial charge in [0.2, 0.25) is 5.56 Å². The molecule has 3 heteroatoms. The van der Waals surface area contributed by atoms with Gasteiger partial charge in [-0.05, 0) is 31.5 Å². The Morgan fingerprint density at radius 3 is 2.53 bits per heavy atom. The van der Waals surface area contributed by atoms with E-state index in [1.807, 2.05) is 32.2 Å². The molecule has 0 aromatic carbocycles. The van der Waals surface area contributed by atoms with Crippen LogP contribution in [0, 0.1) is 13.8 Å². The maximum absolute atomic E-state index is 11.1. The second-order valence-electron chi connectivity index (χ2n) is 3.58. The van der Waals surface area contributed by atoms with Gasteiger partial charge in [-0.15, -0.1) is 0 Å². The van der Waals surface area contributed by atoms with Crippen molar-refractivity contribution in [2.45, 2.75) is 13.8 Å². The van der Waals surface area contributed by atoms with Crippen LogP contribution in [0.3, 0.4) is 0 Å². The molecule has 2 rings (SSSR count). The highest BCUT2D eigenvalue weighted by atomic mass is 16.1. The van der Waals surface area contributed by atoms with Gasteiger partial charge in [0.15, 0.2) is 0 Å². The lowest BCUT2D eigenvalue weighted by molar-refractivity contribution is 1.13. The van der Waals surface area contributed by atoms with Gasteiger partial charge in [0.05, 0.1) is 5.69 Å². The third-order valence-electron chi connectivity index (χ3n) is 2.30. The van der Waals surface area contributed by atoms with E-state index in [1.54, 1.807) is 6.07 Å². The third-order valence-corrected chi connectivity index (χ3v) is 2.30. The molecule has 2 aromatic rings. The zero-order valence-electron chi connectivity index (χ0n) is 8.74. The van der Waals surface area contributed by atoms with Crippen LogP contribution in [0.15, 0.2) is 35.3 Å². The highest BCUT2D eigenvalue weighted by Crippen LogP contribution is 2.17. The van der Waals surface area contributed by atoms with Gasteiger partial charge in [-0.3, -0.25) is 9.78 Å². The Morgan fingerprint density at radius 2 is 1.93 bits per heavy atom. The molecule has 0 aliphatic carbocycles. The summed E-state index contributed by atoms with van der Waals surface area (Å²) in [5, 5.41) is 0. The largest absolute Gasteiger partial charge is 0.326 e. The minimum Gasteiger partial charge on any atom is -0.326 e. The molecule has 0 saturated carbocycles. The number of nitrogens with zero attached hydrogens (tertiary/aromatic N) is 1. The van der Waals surface area contributed by atoms with E-state index < -0.39 is 0 Å². The Hall–Kier alpha value is -1.90. The second kappa shape index (κ2) is 3.69. The topological polar surface area (TPSA) is 45.8 Å². The Bertz CT molecular complexity index is 526. The number of aromatic amines is 1. The summed E-state index contributed by atoms with van der Waals surface area (Å²) >= 11 is 0. The van der Waals surface area contributed by atoms with Crippen LogP contribution in [-0.2, 0) is 0 Å². The summed E-state index contributed by atoms with van der Waals surface area (Å²) in [6.45, 7) is 3.87. The van der Waals surface area contributed by atoms with E-state index in [2.05, 4.69) is 9.97 Å². The van der Waals surface area contributed by atoms with Crippen LogP contribution in [0.25, 0.3) is 11.3 Å². The van der Waals surface area contributed by atoms with Crippen molar-refractivity contribution in [2.24, 2.45) is 0 Å². The maximum atomic E-state index is 11.1. The van der Waals surface area contributed by atoms with Crippen LogP contribution in [-0.4, -0.2) is 9.97 Å². The fourth-order valence-electron chi connectivity index (χ4n) is 1.48. The van der Waals surface area contributed by atoms with Gasteiger partial charge < -0.3 is 4.98 Å². The van der Waals surface area contributed by atoms with Gasteiger partial charge in [-0.25, -0.2) is 0 Å². The van der Waals surface area contributed by atoms with Gasteiger partial charge in [0.1, 0.15) is 0 Å². The van der Waals surface area contributed by atoms with Crippen LogP contribution < -0.4 is 5.56 Å². The zero-order chi connectivity index (χ0) is 10.8. The predicted octanol–water partition coefficient (Wildman–Crippen LogP) is 2.05. The molecular weight excluding hydrogens is 188 g/mol. The van der Waals surface area contributed by atoms with Crippen LogP contribution in [0.4, 0.5) is 0 Å². The molecule has 2 heterocycles. The van der Waals surface area contributed by atoms with E-state index in [1.165, 1.54) is 6.07 Å². The summed E-state index contributed by atoms with van der Waals surface area (Å²) in [7, 11) is 0. The average Bonchev–Trinajstić information content (AvgIpc) is 2.20. The molecule has 0 atom stereocenters. The van der Waals surface area contributed by atoms with E-state index >= 15 is 0 Å². The minimum absolute atomic E-state index is 0.0802. The predicted molar refractivity (Wildman–Crippen MR) is 59.8 cm³/mol. The van der Waals surface area contributed by atoms with Crippen molar-refractivity contribution in [1.29, 1.82) is 0 Å². The average molecular weight is 200 g/mol. The van der Waals surface area contributed by atoms with Crippen molar-refractivity contribution >= 4 is 0 Å². The van der Waals surface area contributed by atoms with Crippen LogP contribution in [0.5, 0.6) is 0 Å². The van der Waals surface area contributed by atoms with E-state index in [-0.39, 0.29) is 5.56 Å². The van der Waals surface area contributed by atoms with Gasteiger partial charge in [0, 0.05) is 23.5 Å². The molecule has 15 heavy (non-hydrogen) atoms. The lowest BCUT2D eigenvalue weighted by Crippen LogP contribution is -2.05. The van der Waals surface area contributed by atoms with Crippen molar-refractivity contribution < 1.29 is 0 Å². The first-order chi connectivity index (χ1) is 7.16. The van der Waals surface area contributed by atoms with Crippen molar-refractivity contribution in [1.82, 2.24) is 9.97 Å². The zero-order valence-corrected chi connectivity index (χ0v) is 8.74. The van der Waals surface area contributed by atoms with Crippen LogP contribution >= 0.6 is 0 Å². The SMILES string of the molecule is Cc1ccc(-c2ccc(=O)[nH]c2C)nc1. The highest BCUT2D eigenvalue weighted by molar-refractivity contribution is 5.61. The fourth-order valence-corrected chi connectivity index (χ4v) is 1.48. The van der Waals surface area contributed by atoms with Gasteiger partial charge in [-0.1, -0.05) is 6.07 Å².